The van der Waals surface area contributed by atoms with E-state index in [1.54, 1.807) is 0 Å². The largest absolute Gasteiger partial charge is 0.389 e. The van der Waals surface area contributed by atoms with Crippen LogP contribution in [0.15, 0.2) is 12.2 Å². The van der Waals surface area contributed by atoms with Crippen molar-refractivity contribution in [3.63, 3.8) is 0 Å². The van der Waals surface area contributed by atoms with E-state index in [9.17, 15) is 5.11 Å². The van der Waals surface area contributed by atoms with Crippen LogP contribution >= 0.6 is 0 Å². The Morgan fingerprint density at radius 2 is 1.77 bits per heavy atom. The monoisotopic (exact) mass is 182 g/mol. The molecule has 0 saturated carbocycles. The summed E-state index contributed by atoms with van der Waals surface area (Å²) in [6.45, 7) is 9.12. The summed E-state index contributed by atoms with van der Waals surface area (Å²) < 4.78 is 0. The molecule has 0 aromatic heterocycles. The zero-order valence-electron chi connectivity index (χ0n) is 9.25. The highest BCUT2D eigenvalue weighted by atomic mass is 16.3. The number of hydrogen-bond donors (Lipinski definition) is 1. The summed E-state index contributed by atoms with van der Waals surface area (Å²) in [5.74, 6) is 1.33. The molecular weight excluding hydrogens is 160 g/mol. The molecule has 1 heteroatoms. The fraction of sp³-hybridized carbons (Fsp3) is 0.833. The molecule has 1 atom stereocenters. The first-order valence-electron chi connectivity index (χ1n) is 5.36. The second-order valence-electron chi connectivity index (χ2n) is 4.89. The van der Waals surface area contributed by atoms with E-state index in [1.165, 1.54) is 0 Å². The lowest BCUT2D eigenvalue weighted by atomic mass is 9.64. The number of aliphatic hydroxyl groups excluding tert-OH is 1. The van der Waals surface area contributed by atoms with Crippen LogP contribution in [-0.4, -0.2) is 11.2 Å². The van der Waals surface area contributed by atoms with E-state index in [2.05, 4.69) is 33.8 Å². The summed E-state index contributed by atoms with van der Waals surface area (Å²) in [5, 5.41) is 9.42. The van der Waals surface area contributed by atoms with E-state index in [1.807, 2.05) is 6.08 Å². The van der Waals surface area contributed by atoms with Gasteiger partial charge in [0, 0.05) is 0 Å². The lowest BCUT2D eigenvalue weighted by Gasteiger charge is -2.42. The van der Waals surface area contributed by atoms with E-state index in [4.69, 9.17) is 0 Å². The van der Waals surface area contributed by atoms with Crippen molar-refractivity contribution in [1.82, 2.24) is 0 Å². The average molecular weight is 182 g/mol. The Labute approximate surface area is 81.9 Å². The smallest absolute Gasteiger partial charge is 0.0721 e. The molecule has 0 aromatic rings. The molecule has 76 valence electrons. The Morgan fingerprint density at radius 1 is 1.23 bits per heavy atom. The SMILES string of the molecule is CC(C)C1(C(C)C)C=CC(O)CC1. The number of rotatable bonds is 2. The normalized spacial score (nSPS) is 27.2. The van der Waals surface area contributed by atoms with Crippen molar-refractivity contribution in [2.45, 2.75) is 46.6 Å². The van der Waals surface area contributed by atoms with Crippen LogP contribution in [0.5, 0.6) is 0 Å². The molecule has 1 unspecified atom stereocenters. The van der Waals surface area contributed by atoms with Gasteiger partial charge in [0.2, 0.25) is 0 Å². The predicted molar refractivity (Wildman–Crippen MR) is 56.5 cm³/mol. The van der Waals surface area contributed by atoms with Crippen LogP contribution in [0.3, 0.4) is 0 Å². The minimum atomic E-state index is -0.203. The Hall–Kier alpha value is -0.300. The second kappa shape index (κ2) is 3.83. The Morgan fingerprint density at radius 3 is 2.08 bits per heavy atom. The van der Waals surface area contributed by atoms with Gasteiger partial charge < -0.3 is 5.11 Å². The van der Waals surface area contributed by atoms with Gasteiger partial charge in [-0.3, -0.25) is 0 Å². The highest BCUT2D eigenvalue weighted by Crippen LogP contribution is 2.44. The van der Waals surface area contributed by atoms with Crippen molar-refractivity contribution < 1.29 is 5.11 Å². The third-order valence-corrected chi connectivity index (χ3v) is 3.65. The lowest BCUT2D eigenvalue weighted by molar-refractivity contribution is 0.106. The van der Waals surface area contributed by atoms with Gasteiger partial charge in [-0.15, -0.1) is 0 Å². The summed E-state index contributed by atoms with van der Waals surface area (Å²) in [6.07, 6.45) is 6.07. The van der Waals surface area contributed by atoms with Crippen LogP contribution in [0.4, 0.5) is 0 Å². The second-order valence-corrected chi connectivity index (χ2v) is 4.89. The fourth-order valence-electron chi connectivity index (χ4n) is 2.50. The van der Waals surface area contributed by atoms with Gasteiger partial charge in [-0.25, -0.2) is 0 Å². The first-order valence-corrected chi connectivity index (χ1v) is 5.36. The van der Waals surface area contributed by atoms with Crippen molar-refractivity contribution in [2.75, 3.05) is 0 Å². The van der Waals surface area contributed by atoms with E-state index in [0.717, 1.165) is 12.8 Å². The van der Waals surface area contributed by atoms with Crippen molar-refractivity contribution >= 4 is 0 Å². The molecule has 0 heterocycles. The molecule has 1 N–H and O–H groups in total. The van der Waals surface area contributed by atoms with Gasteiger partial charge in [0.15, 0.2) is 0 Å². The van der Waals surface area contributed by atoms with Gasteiger partial charge in [-0.2, -0.15) is 0 Å². The molecule has 0 spiro atoms. The molecule has 1 rings (SSSR count). The first kappa shape index (κ1) is 10.8. The highest BCUT2D eigenvalue weighted by Gasteiger charge is 2.36. The molecule has 13 heavy (non-hydrogen) atoms. The van der Waals surface area contributed by atoms with Crippen LogP contribution in [0.25, 0.3) is 0 Å². The Balaban J connectivity index is 2.87. The minimum absolute atomic E-state index is 0.203. The molecule has 0 fully saturated rings. The molecule has 0 saturated heterocycles. The lowest BCUT2D eigenvalue weighted by Crippen LogP contribution is -2.34. The highest BCUT2D eigenvalue weighted by molar-refractivity contribution is 5.09. The van der Waals surface area contributed by atoms with Crippen LogP contribution < -0.4 is 0 Å². The summed E-state index contributed by atoms with van der Waals surface area (Å²) in [4.78, 5) is 0. The number of allylic oxidation sites excluding steroid dienone is 1. The van der Waals surface area contributed by atoms with Gasteiger partial charge in [-0.1, -0.05) is 39.8 Å². The summed E-state index contributed by atoms with van der Waals surface area (Å²) in [6, 6.07) is 0. The molecular formula is C12H22O. The summed E-state index contributed by atoms with van der Waals surface area (Å²) in [5.41, 5.74) is 0.319. The number of aliphatic hydroxyl groups is 1. The van der Waals surface area contributed by atoms with Gasteiger partial charge in [0.05, 0.1) is 6.10 Å². The van der Waals surface area contributed by atoms with Crippen LogP contribution in [0, 0.1) is 17.3 Å². The van der Waals surface area contributed by atoms with Gasteiger partial charge >= 0.3 is 0 Å². The molecule has 0 radical (unpaired) electrons. The Bertz CT molecular complexity index is 183. The van der Waals surface area contributed by atoms with Crippen molar-refractivity contribution in [3.8, 4) is 0 Å². The maximum atomic E-state index is 9.42. The molecule has 0 bridgehead atoms. The van der Waals surface area contributed by atoms with Crippen molar-refractivity contribution in [1.29, 1.82) is 0 Å². The zero-order chi connectivity index (χ0) is 10.1. The maximum Gasteiger partial charge on any atom is 0.0721 e. The van der Waals surface area contributed by atoms with Gasteiger partial charge in [0.25, 0.3) is 0 Å². The predicted octanol–water partition coefficient (Wildman–Crippen LogP) is 3.00. The zero-order valence-corrected chi connectivity index (χ0v) is 9.25. The number of hydrogen-bond acceptors (Lipinski definition) is 1. The maximum absolute atomic E-state index is 9.42. The van der Waals surface area contributed by atoms with Gasteiger partial charge in [-0.05, 0) is 30.1 Å². The standard InChI is InChI=1S/C12H22O/c1-9(2)12(10(3)4)7-5-11(13)6-8-12/h5,7,9-11,13H,6,8H2,1-4H3. The topological polar surface area (TPSA) is 20.2 Å². The van der Waals surface area contributed by atoms with E-state index in [-0.39, 0.29) is 6.10 Å². The van der Waals surface area contributed by atoms with E-state index >= 15 is 0 Å². The van der Waals surface area contributed by atoms with Crippen molar-refractivity contribution in [2.24, 2.45) is 17.3 Å². The fourth-order valence-corrected chi connectivity index (χ4v) is 2.50. The molecule has 0 amide bonds. The molecule has 1 aliphatic carbocycles. The van der Waals surface area contributed by atoms with Crippen molar-refractivity contribution in [3.05, 3.63) is 12.2 Å². The van der Waals surface area contributed by atoms with Gasteiger partial charge in [0.1, 0.15) is 0 Å². The third kappa shape index (κ3) is 1.96. The first-order chi connectivity index (χ1) is 5.99. The van der Waals surface area contributed by atoms with Crippen LogP contribution in [0.2, 0.25) is 0 Å². The molecule has 1 aliphatic rings. The summed E-state index contributed by atoms with van der Waals surface area (Å²) in [7, 11) is 0. The molecule has 1 nitrogen and oxygen atoms in total. The molecule has 0 aromatic carbocycles. The Kier molecular flexibility index (Phi) is 3.18. The van der Waals surface area contributed by atoms with E-state index < -0.39 is 0 Å². The van der Waals surface area contributed by atoms with E-state index in [0.29, 0.717) is 17.3 Å². The van der Waals surface area contributed by atoms with Crippen LogP contribution in [0.1, 0.15) is 40.5 Å². The minimum Gasteiger partial charge on any atom is -0.389 e. The third-order valence-electron chi connectivity index (χ3n) is 3.65. The molecule has 0 aliphatic heterocycles. The average Bonchev–Trinajstić information content (AvgIpc) is 2.04. The summed E-state index contributed by atoms with van der Waals surface area (Å²) >= 11 is 0. The van der Waals surface area contributed by atoms with Crippen LogP contribution in [-0.2, 0) is 0 Å². The quantitative estimate of drug-likeness (QED) is 0.651.